The summed E-state index contributed by atoms with van der Waals surface area (Å²) < 4.78 is 0. The van der Waals surface area contributed by atoms with Crippen molar-refractivity contribution in [2.75, 3.05) is 0 Å². The van der Waals surface area contributed by atoms with Gasteiger partial charge in [0.2, 0.25) is 0 Å². The van der Waals surface area contributed by atoms with Crippen molar-refractivity contribution < 1.29 is 0 Å². The molecular weight excluding hydrogens is 625 g/mol. The van der Waals surface area contributed by atoms with E-state index in [0.717, 1.165) is 12.8 Å². The minimum Gasteiger partial charge on any atom is -0.0622 e. The third kappa shape index (κ3) is 6.41. The first-order valence-corrected chi connectivity index (χ1v) is 18.3. The van der Waals surface area contributed by atoms with E-state index in [1.54, 1.807) is 0 Å². The lowest BCUT2D eigenvalue weighted by Crippen LogP contribution is -2.32. The maximum Gasteiger partial charge on any atom is 0.0491 e. The Morgan fingerprint density at radius 1 is 0.212 bits per heavy atom. The summed E-state index contributed by atoms with van der Waals surface area (Å²) in [5.74, 6) is 0. The van der Waals surface area contributed by atoms with Gasteiger partial charge in [-0.3, -0.25) is 0 Å². The Morgan fingerprint density at radius 2 is 0.404 bits per heavy atom. The molecule has 0 bridgehead atoms. The molecule has 0 aliphatic carbocycles. The summed E-state index contributed by atoms with van der Waals surface area (Å²) in [6.07, 6.45) is 1.70. The van der Waals surface area contributed by atoms with Gasteiger partial charge in [-0.25, -0.2) is 0 Å². The van der Waals surface area contributed by atoms with E-state index in [1.165, 1.54) is 55.6 Å². The summed E-state index contributed by atoms with van der Waals surface area (Å²) >= 11 is 0. The maximum atomic E-state index is 2.32. The third-order valence-electron chi connectivity index (χ3n) is 10.8. The van der Waals surface area contributed by atoms with Gasteiger partial charge >= 0.3 is 0 Å². The normalized spacial score (nSPS) is 11.6. The molecule has 52 heavy (non-hydrogen) atoms. The Balaban J connectivity index is 1.13. The molecule has 8 aromatic rings. The molecule has 0 saturated heterocycles. The van der Waals surface area contributed by atoms with E-state index in [2.05, 4.69) is 231 Å². The SMILES string of the molecule is c1ccc(C(Cc2ccc(-c3ccc(CC(c4ccccc4)(c4ccccc4)c4ccccc4)cc3)cc2)(c2ccccc2)c2ccccc2)cc1. The van der Waals surface area contributed by atoms with Gasteiger partial charge < -0.3 is 0 Å². The van der Waals surface area contributed by atoms with Crippen LogP contribution >= 0.6 is 0 Å². The molecule has 0 saturated carbocycles. The van der Waals surface area contributed by atoms with Gasteiger partial charge in [0.15, 0.2) is 0 Å². The van der Waals surface area contributed by atoms with E-state index < -0.39 is 0 Å². The highest BCUT2D eigenvalue weighted by Crippen LogP contribution is 2.44. The molecule has 0 radical (unpaired) electrons. The minimum atomic E-state index is -0.324. The van der Waals surface area contributed by atoms with Crippen molar-refractivity contribution in [3.05, 3.63) is 275 Å². The van der Waals surface area contributed by atoms with Crippen LogP contribution in [0, 0.1) is 0 Å². The molecule has 0 aliphatic rings. The van der Waals surface area contributed by atoms with Crippen LogP contribution in [-0.2, 0) is 23.7 Å². The van der Waals surface area contributed by atoms with Gasteiger partial charge in [0.25, 0.3) is 0 Å². The van der Waals surface area contributed by atoms with Gasteiger partial charge in [0.05, 0.1) is 0 Å². The molecule has 0 unspecified atom stereocenters. The quantitative estimate of drug-likeness (QED) is 0.121. The first-order valence-electron chi connectivity index (χ1n) is 18.3. The Bertz CT molecular complexity index is 1910. The lowest BCUT2D eigenvalue weighted by molar-refractivity contribution is 0.613. The lowest BCUT2D eigenvalue weighted by Gasteiger charge is -2.36. The third-order valence-corrected chi connectivity index (χ3v) is 10.8. The highest BCUT2D eigenvalue weighted by molar-refractivity contribution is 5.65. The second-order valence-electron chi connectivity index (χ2n) is 13.8. The molecule has 0 heteroatoms. The van der Waals surface area contributed by atoms with Crippen molar-refractivity contribution in [1.82, 2.24) is 0 Å². The summed E-state index contributed by atoms with van der Waals surface area (Å²) in [5.41, 5.74) is 12.2. The topological polar surface area (TPSA) is 0 Å². The van der Waals surface area contributed by atoms with Gasteiger partial charge in [-0.2, -0.15) is 0 Å². The molecular formula is C52H42. The van der Waals surface area contributed by atoms with Crippen molar-refractivity contribution >= 4 is 0 Å². The monoisotopic (exact) mass is 666 g/mol. The number of rotatable bonds is 11. The van der Waals surface area contributed by atoms with Crippen molar-refractivity contribution in [2.24, 2.45) is 0 Å². The van der Waals surface area contributed by atoms with Crippen LogP contribution in [0.5, 0.6) is 0 Å². The predicted octanol–water partition coefficient (Wildman–Crippen LogP) is 12.5. The maximum absolute atomic E-state index is 2.32. The fraction of sp³-hybridized carbons (Fsp3) is 0.0769. The van der Waals surface area contributed by atoms with E-state index in [0.29, 0.717) is 0 Å². The van der Waals surface area contributed by atoms with E-state index in [1.807, 2.05) is 0 Å². The van der Waals surface area contributed by atoms with Crippen molar-refractivity contribution in [3.8, 4) is 11.1 Å². The van der Waals surface area contributed by atoms with Crippen LogP contribution in [0.4, 0.5) is 0 Å². The molecule has 0 aliphatic heterocycles. The van der Waals surface area contributed by atoms with Crippen LogP contribution in [-0.4, -0.2) is 0 Å². The van der Waals surface area contributed by atoms with Crippen LogP contribution in [0.25, 0.3) is 11.1 Å². The molecule has 8 aromatic carbocycles. The smallest absolute Gasteiger partial charge is 0.0491 e. The average molecular weight is 667 g/mol. The summed E-state index contributed by atoms with van der Waals surface area (Å²) in [6.45, 7) is 0. The Kier molecular flexibility index (Phi) is 9.46. The summed E-state index contributed by atoms with van der Waals surface area (Å²) in [4.78, 5) is 0. The fourth-order valence-electron chi connectivity index (χ4n) is 8.19. The standard InChI is InChI=1S/C52H42/c1-7-19-45(20-8-1)51(46-21-9-2-10-22-46,47-23-11-3-12-24-47)39-41-31-35-43(36-32-41)44-37-33-42(34-38-44)40-52(48-25-13-4-14-26-48,49-27-15-5-16-28-49)50-29-17-6-18-30-50/h1-38H,39-40H2. The summed E-state index contributed by atoms with van der Waals surface area (Å²) in [5, 5.41) is 0. The largest absolute Gasteiger partial charge is 0.0622 e. The van der Waals surface area contributed by atoms with Crippen LogP contribution in [0.2, 0.25) is 0 Å². The van der Waals surface area contributed by atoms with Crippen molar-refractivity contribution in [2.45, 2.75) is 23.7 Å². The molecule has 0 heterocycles. The second-order valence-corrected chi connectivity index (χ2v) is 13.8. The van der Waals surface area contributed by atoms with Gasteiger partial charge in [-0.1, -0.05) is 231 Å². The molecule has 250 valence electrons. The molecule has 0 aromatic heterocycles. The van der Waals surface area contributed by atoms with E-state index in [9.17, 15) is 0 Å². The van der Waals surface area contributed by atoms with Gasteiger partial charge in [-0.05, 0) is 68.5 Å². The van der Waals surface area contributed by atoms with Crippen molar-refractivity contribution in [3.63, 3.8) is 0 Å². The highest BCUT2D eigenvalue weighted by atomic mass is 14.4. The predicted molar refractivity (Wildman–Crippen MR) is 218 cm³/mol. The lowest BCUT2D eigenvalue weighted by atomic mass is 9.66. The summed E-state index contributed by atoms with van der Waals surface area (Å²) in [7, 11) is 0. The fourth-order valence-corrected chi connectivity index (χ4v) is 8.19. The second kappa shape index (κ2) is 14.9. The van der Waals surface area contributed by atoms with Crippen LogP contribution in [0.3, 0.4) is 0 Å². The van der Waals surface area contributed by atoms with E-state index >= 15 is 0 Å². The molecule has 0 nitrogen and oxygen atoms in total. The van der Waals surface area contributed by atoms with E-state index in [4.69, 9.17) is 0 Å². The van der Waals surface area contributed by atoms with Gasteiger partial charge in [0.1, 0.15) is 0 Å². The zero-order valence-corrected chi connectivity index (χ0v) is 29.4. The first-order chi connectivity index (χ1) is 25.8. The minimum absolute atomic E-state index is 0.324. The van der Waals surface area contributed by atoms with Crippen LogP contribution in [0.15, 0.2) is 231 Å². The zero-order valence-electron chi connectivity index (χ0n) is 29.4. The Morgan fingerprint density at radius 3 is 0.596 bits per heavy atom. The number of benzene rings is 8. The number of hydrogen-bond donors (Lipinski definition) is 0. The van der Waals surface area contributed by atoms with E-state index in [-0.39, 0.29) is 10.8 Å². The van der Waals surface area contributed by atoms with Gasteiger partial charge in [-0.15, -0.1) is 0 Å². The molecule has 0 amide bonds. The van der Waals surface area contributed by atoms with Crippen LogP contribution < -0.4 is 0 Å². The highest BCUT2D eigenvalue weighted by Gasteiger charge is 2.37. The first kappa shape index (κ1) is 32.9. The molecule has 0 atom stereocenters. The molecule has 0 fully saturated rings. The van der Waals surface area contributed by atoms with Crippen molar-refractivity contribution in [1.29, 1.82) is 0 Å². The zero-order chi connectivity index (χ0) is 35.1. The molecule has 8 rings (SSSR count). The molecule has 0 N–H and O–H groups in total. The average Bonchev–Trinajstić information content (AvgIpc) is 3.24. The Hall–Kier alpha value is -6.24. The number of hydrogen-bond acceptors (Lipinski definition) is 0. The summed E-state index contributed by atoms with van der Waals surface area (Å²) in [6, 6.07) is 84.3. The van der Waals surface area contributed by atoms with Crippen LogP contribution in [0.1, 0.15) is 44.5 Å². The van der Waals surface area contributed by atoms with Gasteiger partial charge in [0, 0.05) is 10.8 Å². The Labute approximate surface area is 308 Å². The molecule has 0 spiro atoms.